The van der Waals surface area contributed by atoms with Crippen LogP contribution in [0.5, 0.6) is 0 Å². The molecular weight excluding hydrogens is 288 g/mol. The van der Waals surface area contributed by atoms with Gasteiger partial charge in [-0.3, -0.25) is 9.78 Å². The Morgan fingerprint density at radius 2 is 2.05 bits per heavy atom. The van der Waals surface area contributed by atoms with Gasteiger partial charge in [-0.05, 0) is 44.0 Å². The highest BCUT2D eigenvalue weighted by Crippen LogP contribution is 2.22. The summed E-state index contributed by atoms with van der Waals surface area (Å²) in [4.78, 5) is 28.0. The minimum Gasteiger partial charge on any atom is -0.477 e. The number of nitrogens with zero attached hydrogens (tertiary/aromatic N) is 1. The fourth-order valence-corrected chi connectivity index (χ4v) is 2.80. The third kappa shape index (κ3) is 3.46. The topological polar surface area (TPSA) is 79.3 Å². The molecule has 0 fully saturated rings. The second-order valence-electron chi connectivity index (χ2n) is 4.88. The van der Waals surface area contributed by atoms with Gasteiger partial charge in [0.1, 0.15) is 4.88 Å². The van der Waals surface area contributed by atoms with Crippen LogP contribution in [0.2, 0.25) is 0 Å². The van der Waals surface area contributed by atoms with Crippen molar-refractivity contribution in [2.45, 2.75) is 26.8 Å². The van der Waals surface area contributed by atoms with E-state index < -0.39 is 5.97 Å². The maximum absolute atomic E-state index is 12.2. The summed E-state index contributed by atoms with van der Waals surface area (Å²) in [6.45, 7) is 5.47. The number of aromatic nitrogens is 1. The zero-order chi connectivity index (χ0) is 15.6. The number of carboxylic acids is 1. The second kappa shape index (κ2) is 6.05. The van der Waals surface area contributed by atoms with Crippen LogP contribution in [-0.4, -0.2) is 22.0 Å². The summed E-state index contributed by atoms with van der Waals surface area (Å²) in [6, 6.07) is 5.15. The van der Waals surface area contributed by atoms with E-state index in [1.54, 1.807) is 19.2 Å². The first-order chi connectivity index (χ1) is 9.88. The van der Waals surface area contributed by atoms with E-state index in [0.29, 0.717) is 10.4 Å². The number of hydrogen-bond acceptors (Lipinski definition) is 4. The molecule has 0 saturated heterocycles. The number of pyridine rings is 1. The van der Waals surface area contributed by atoms with Gasteiger partial charge in [0.15, 0.2) is 0 Å². The first kappa shape index (κ1) is 15.2. The van der Waals surface area contributed by atoms with Crippen molar-refractivity contribution in [3.05, 3.63) is 51.0 Å². The Bertz CT molecular complexity index is 677. The van der Waals surface area contributed by atoms with Crippen LogP contribution < -0.4 is 5.32 Å². The Morgan fingerprint density at radius 3 is 2.57 bits per heavy atom. The van der Waals surface area contributed by atoms with Crippen molar-refractivity contribution in [1.29, 1.82) is 0 Å². The van der Waals surface area contributed by atoms with Crippen LogP contribution in [0.15, 0.2) is 24.4 Å². The Labute approximate surface area is 126 Å². The standard InChI is InChI=1S/C15H16N2O3S/c1-8-4-5-11(16-7-8)10(3)17-14(18)12-6-9(2)13(21-12)15(19)20/h4-7,10H,1-3H3,(H,17,18)(H,19,20). The van der Waals surface area contributed by atoms with E-state index in [1.165, 1.54) is 0 Å². The number of aromatic carboxylic acids is 1. The summed E-state index contributed by atoms with van der Waals surface area (Å²) < 4.78 is 0. The molecule has 0 radical (unpaired) electrons. The molecule has 0 saturated carbocycles. The molecule has 0 spiro atoms. The molecule has 110 valence electrons. The van der Waals surface area contributed by atoms with Gasteiger partial charge in [-0.15, -0.1) is 11.3 Å². The van der Waals surface area contributed by atoms with Gasteiger partial charge in [-0.1, -0.05) is 6.07 Å². The first-order valence-electron chi connectivity index (χ1n) is 6.45. The lowest BCUT2D eigenvalue weighted by molar-refractivity contribution is 0.0701. The van der Waals surface area contributed by atoms with Crippen LogP contribution >= 0.6 is 11.3 Å². The van der Waals surface area contributed by atoms with Crippen LogP contribution in [-0.2, 0) is 0 Å². The minimum atomic E-state index is -1.01. The number of hydrogen-bond donors (Lipinski definition) is 2. The van der Waals surface area contributed by atoms with E-state index >= 15 is 0 Å². The fourth-order valence-electron chi connectivity index (χ4n) is 1.88. The van der Waals surface area contributed by atoms with E-state index in [9.17, 15) is 9.59 Å². The monoisotopic (exact) mass is 304 g/mol. The fraction of sp³-hybridized carbons (Fsp3) is 0.267. The number of rotatable bonds is 4. The molecule has 0 aliphatic rings. The summed E-state index contributed by atoms with van der Waals surface area (Å²) in [6.07, 6.45) is 1.75. The van der Waals surface area contributed by atoms with Gasteiger partial charge in [-0.25, -0.2) is 4.79 Å². The molecule has 21 heavy (non-hydrogen) atoms. The number of amides is 1. The molecule has 2 aromatic rings. The van der Waals surface area contributed by atoms with Crippen molar-refractivity contribution in [3.63, 3.8) is 0 Å². The number of carbonyl (C=O) groups is 2. The van der Waals surface area contributed by atoms with Crippen molar-refractivity contribution in [3.8, 4) is 0 Å². The molecule has 1 unspecified atom stereocenters. The van der Waals surface area contributed by atoms with Crippen molar-refractivity contribution >= 4 is 23.2 Å². The Morgan fingerprint density at radius 1 is 1.33 bits per heavy atom. The summed E-state index contributed by atoms with van der Waals surface area (Å²) in [7, 11) is 0. The van der Waals surface area contributed by atoms with Gasteiger partial charge >= 0.3 is 5.97 Å². The highest BCUT2D eigenvalue weighted by molar-refractivity contribution is 7.16. The molecule has 2 N–H and O–H groups in total. The Hall–Kier alpha value is -2.21. The zero-order valence-corrected chi connectivity index (χ0v) is 12.8. The van der Waals surface area contributed by atoms with Crippen molar-refractivity contribution in [2.75, 3.05) is 0 Å². The Kier molecular flexibility index (Phi) is 4.37. The number of carbonyl (C=O) groups excluding carboxylic acids is 1. The lowest BCUT2D eigenvalue weighted by Gasteiger charge is -2.12. The first-order valence-corrected chi connectivity index (χ1v) is 7.27. The number of aryl methyl sites for hydroxylation is 2. The molecule has 1 atom stereocenters. The molecule has 2 aromatic heterocycles. The summed E-state index contributed by atoms with van der Waals surface area (Å²) in [5.41, 5.74) is 2.41. The molecule has 0 aliphatic carbocycles. The van der Waals surface area contributed by atoms with Crippen LogP contribution in [0.4, 0.5) is 0 Å². The van der Waals surface area contributed by atoms with Gasteiger partial charge in [0.05, 0.1) is 16.6 Å². The maximum Gasteiger partial charge on any atom is 0.346 e. The quantitative estimate of drug-likeness (QED) is 0.910. The van der Waals surface area contributed by atoms with Crippen LogP contribution in [0, 0.1) is 13.8 Å². The largest absolute Gasteiger partial charge is 0.477 e. The predicted octanol–water partition coefficient (Wildman–Crippen LogP) is 2.95. The van der Waals surface area contributed by atoms with Crippen molar-refractivity contribution in [1.82, 2.24) is 10.3 Å². The molecule has 6 heteroatoms. The van der Waals surface area contributed by atoms with Crippen molar-refractivity contribution < 1.29 is 14.7 Å². The zero-order valence-electron chi connectivity index (χ0n) is 12.0. The normalized spacial score (nSPS) is 12.0. The SMILES string of the molecule is Cc1ccc(C(C)NC(=O)c2cc(C)c(C(=O)O)s2)nc1. The van der Waals surface area contributed by atoms with Gasteiger partial charge in [0, 0.05) is 6.20 Å². The lowest BCUT2D eigenvalue weighted by atomic mass is 10.2. The third-order valence-corrected chi connectivity index (χ3v) is 4.29. The number of nitrogens with one attached hydrogen (secondary N) is 1. The van der Waals surface area contributed by atoms with E-state index in [0.717, 1.165) is 22.6 Å². The Balaban J connectivity index is 2.12. The van der Waals surface area contributed by atoms with Crippen LogP contribution in [0.3, 0.4) is 0 Å². The molecular formula is C15H16N2O3S. The second-order valence-corrected chi connectivity index (χ2v) is 5.94. The summed E-state index contributed by atoms with van der Waals surface area (Å²) >= 11 is 0.983. The van der Waals surface area contributed by atoms with Gasteiger partial charge in [0.25, 0.3) is 5.91 Å². The average molecular weight is 304 g/mol. The molecule has 0 aromatic carbocycles. The molecule has 5 nitrogen and oxygen atoms in total. The van der Waals surface area contributed by atoms with Gasteiger partial charge < -0.3 is 10.4 Å². The predicted molar refractivity (Wildman–Crippen MR) is 80.9 cm³/mol. The lowest BCUT2D eigenvalue weighted by Crippen LogP contribution is -2.26. The third-order valence-electron chi connectivity index (χ3n) is 3.06. The molecule has 2 rings (SSSR count). The smallest absolute Gasteiger partial charge is 0.346 e. The summed E-state index contributed by atoms with van der Waals surface area (Å²) in [5, 5.41) is 11.8. The molecule has 1 amide bonds. The molecule has 2 heterocycles. The highest BCUT2D eigenvalue weighted by Gasteiger charge is 2.18. The summed E-state index contributed by atoms with van der Waals surface area (Å²) in [5.74, 6) is -1.30. The van der Waals surface area contributed by atoms with E-state index in [-0.39, 0.29) is 16.8 Å². The maximum atomic E-state index is 12.2. The highest BCUT2D eigenvalue weighted by atomic mass is 32.1. The van der Waals surface area contributed by atoms with Crippen LogP contribution in [0.25, 0.3) is 0 Å². The van der Waals surface area contributed by atoms with E-state index in [1.807, 2.05) is 26.0 Å². The van der Waals surface area contributed by atoms with Crippen LogP contribution in [0.1, 0.15) is 49.1 Å². The van der Waals surface area contributed by atoms with Gasteiger partial charge in [0.2, 0.25) is 0 Å². The van der Waals surface area contributed by atoms with E-state index in [4.69, 9.17) is 5.11 Å². The number of thiophene rings is 1. The van der Waals surface area contributed by atoms with E-state index in [2.05, 4.69) is 10.3 Å². The molecule has 0 bridgehead atoms. The average Bonchev–Trinajstić information content (AvgIpc) is 2.81. The van der Waals surface area contributed by atoms with Gasteiger partial charge in [-0.2, -0.15) is 0 Å². The molecule has 0 aliphatic heterocycles. The minimum absolute atomic E-state index is 0.196. The number of carboxylic acid groups (broad SMARTS) is 1. The van der Waals surface area contributed by atoms with Crippen molar-refractivity contribution in [2.24, 2.45) is 0 Å².